The van der Waals surface area contributed by atoms with Gasteiger partial charge in [-0.05, 0) is 11.4 Å². The maximum atomic E-state index is 5.72. The normalized spacial score (nSPS) is 12.4. The zero-order valence-corrected chi connectivity index (χ0v) is 14.6. The quantitative estimate of drug-likeness (QED) is 0.561. The Kier molecular flexibility index (Phi) is 4.45. The molecule has 1 N–H and O–H groups in total. The van der Waals surface area contributed by atoms with E-state index in [-0.39, 0.29) is 6.10 Å². The summed E-state index contributed by atoms with van der Waals surface area (Å²) in [5.74, 6) is 0.803. The third kappa shape index (κ3) is 3.14. The highest BCUT2D eigenvalue weighted by Crippen LogP contribution is 2.31. The lowest BCUT2D eigenvalue weighted by atomic mass is 10.1. The Morgan fingerprint density at radius 2 is 2.04 bits per heavy atom. The van der Waals surface area contributed by atoms with Crippen molar-refractivity contribution >= 4 is 11.3 Å². The van der Waals surface area contributed by atoms with E-state index in [0.29, 0.717) is 6.54 Å². The Bertz CT molecular complexity index is 914. The summed E-state index contributed by atoms with van der Waals surface area (Å²) in [6.45, 7) is 0.673. The molecule has 0 aliphatic carbocycles. The van der Waals surface area contributed by atoms with E-state index in [1.807, 2.05) is 36.8 Å². The van der Waals surface area contributed by atoms with E-state index in [1.165, 1.54) is 4.88 Å². The molecule has 6 heteroatoms. The van der Waals surface area contributed by atoms with Crippen LogP contribution < -0.4 is 0 Å². The Balaban J connectivity index is 1.77. The smallest absolute Gasteiger partial charge is 0.156 e. The largest absolute Gasteiger partial charge is 0.374 e. The molecular weight excluding hydrogens is 332 g/mol. The van der Waals surface area contributed by atoms with Gasteiger partial charge in [0.1, 0.15) is 11.8 Å². The molecule has 0 amide bonds. The summed E-state index contributed by atoms with van der Waals surface area (Å²) in [5.41, 5.74) is 2.95. The third-order valence-electron chi connectivity index (χ3n) is 4.12. The van der Waals surface area contributed by atoms with E-state index in [9.17, 15) is 0 Å². The fraction of sp³-hybridized carbons (Fsp3) is 0.158. The van der Waals surface area contributed by atoms with Crippen molar-refractivity contribution in [3.05, 3.63) is 71.4 Å². The second-order valence-electron chi connectivity index (χ2n) is 5.64. The highest BCUT2D eigenvalue weighted by atomic mass is 32.1. The molecule has 0 fully saturated rings. The van der Waals surface area contributed by atoms with Gasteiger partial charge in [0.15, 0.2) is 5.82 Å². The van der Waals surface area contributed by atoms with E-state index in [4.69, 9.17) is 4.74 Å². The molecule has 0 radical (unpaired) electrons. The van der Waals surface area contributed by atoms with Crippen molar-refractivity contribution in [1.82, 2.24) is 19.5 Å². The van der Waals surface area contributed by atoms with Gasteiger partial charge in [-0.15, -0.1) is 11.3 Å². The number of rotatable bonds is 6. The van der Waals surface area contributed by atoms with E-state index in [1.54, 1.807) is 24.6 Å². The molecule has 3 aromatic heterocycles. The van der Waals surface area contributed by atoms with Crippen molar-refractivity contribution in [3.63, 3.8) is 0 Å². The zero-order valence-electron chi connectivity index (χ0n) is 13.8. The molecular formula is C19H18N4OS. The summed E-state index contributed by atoms with van der Waals surface area (Å²) in [4.78, 5) is 13.5. The van der Waals surface area contributed by atoms with Crippen LogP contribution >= 0.6 is 11.3 Å². The number of H-pyrrole nitrogens is 1. The number of nitrogens with one attached hydrogen (secondary N) is 1. The first-order valence-corrected chi connectivity index (χ1v) is 8.91. The van der Waals surface area contributed by atoms with Crippen molar-refractivity contribution in [3.8, 4) is 22.8 Å². The molecule has 0 saturated carbocycles. The van der Waals surface area contributed by atoms with Crippen molar-refractivity contribution in [1.29, 1.82) is 0 Å². The number of nitrogens with zero attached hydrogens (tertiary/aromatic N) is 3. The van der Waals surface area contributed by atoms with E-state index in [0.717, 1.165) is 22.8 Å². The molecule has 0 aliphatic heterocycles. The highest BCUT2D eigenvalue weighted by Gasteiger charge is 2.20. The number of hydrogen-bond acceptors (Lipinski definition) is 4. The number of aromatic amines is 1. The van der Waals surface area contributed by atoms with Crippen LogP contribution in [0.1, 0.15) is 11.0 Å². The molecule has 126 valence electrons. The molecule has 5 nitrogen and oxygen atoms in total. The maximum Gasteiger partial charge on any atom is 0.156 e. The van der Waals surface area contributed by atoms with Crippen LogP contribution in [0, 0.1) is 0 Å². The number of benzene rings is 1. The second kappa shape index (κ2) is 7.04. The first-order chi connectivity index (χ1) is 12.4. The van der Waals surface area contributed by atoms with Gasteiger partial charge >= 0.3 is 0 Å². The van der Waals surface area contributed by atoms with Crippen LogP contribution in [0.5, 0.6) is 0 Å². The molecule has 0 unspecified atom stereocenters. The molecule has 1 aromatic carbocycles. The van der Waals surface area contributed by atoms with Crippen LogP contribution in [-0.4, -0.2) is 26.6 Å². The van der Waals surface area contributed by atoms with Gasteiger partial charge in [-0.25, -0.2) is 9.97 Å². The minimum Gasteiger partial charge on any atom is -0.374 e. The van der Waals surface area contributed by atoms with Crippen LogP contribution in [0.2, 0.25) is 0 Å². The number of methoxy groups -OCH3 is 1. The molecule has 4 aromatic rings. The molecule has 0 saturated heterocycles. The summed E-state index contributed by atoms with van der Waals surface area (Å²) in [6, 6.07) is 14.3. The van der Waals surface area contributed by atoms with Gasteiger partial charge in [-0.1, -0.05) is 36.4 Å². The fourth-order valence-corrected chi connectivity index (χ4v) is 3.70. The predicted molar refractivity (Wildman–Crippen MR) is 99.3 cm³/mol. The van der Waals surface area contributed by atoms with Gasteiger partial charge in [0.25, 0.3) is 0 Å². The van der Waals surface area contributed by atoms with Crippen LogP contribution in [0.15, 0.2) is 66.6 Å². The Morgan fingerprint density at radius 3 is 2.72 bits per heavy atom. The summed E-state index contributed by atoms with van der Waals surface area (Å²) < 4.78 is 7.82. The van der Waals surface area contributed by atoms with Crippen LogP contribution in [-0.2, 0) is 11.3 Å². The van der Waals surface area contributed by atoms with Gasteiger partial charge in [0.05, 0.1) is 18.6 Å². The average molecular weight is 350 g/mol. The number of imidazole rings is 2. The molecule has 0 bridgehead atoms. The highest BCUT2D eigenvalue weighted by molar-refractivity contribution is 7.10. The zero-order chi connectivity index (χ0) is 17.1. The van der Waals surface area contributed by atoms with Crippen LogP contribution in [0.3, 0.4) is 0 Å². The van der Waals surface area contributed by atoms with Crippen LogP contribution in [0.4, 0.5) is 0 Å². The summed E-state index contributed by atoms with van der Waals surface area (Å²) >= 11 is 1.70. The van der Waals surface area contributed by atoms with Gasteiger partial charge < -0.3 is 14.3 Å². The van der Waals surface area contributed by atoms with Gasteiger partial charge in [0, 0.05) is 29.9 Å². The molecule has 4 rings (SSSR count). The van der Waals surface area contributed by atoms with Crippen molar-refractivity contribution in [2.75, 3.05) is 7.11 Å². The Hall–Kier alpha value is -2.70. The van der Waals surface area contributed by atoms with Gasteiger partial charge in [0.2, 0.25) is 0 Å². The maximum absolute atomic E-state index is 5.72. The predicted octanol–water partition coefficient (Wildman–Crippen LogP) is 4.39. The number of thiophene rings is 1. The summed E-state index contributed by atoms with van der Waals surface area (Å²) in [6.07, 6.45) is 5.43. The number of ether oxygens (including phenoxy) is 1. The molecule has 25 heavy (non-hydrogen) atoms. The third-order valence-corrected chi connectivity index (χ3v) is 5.08. The van der Waals surface area contributed by atoms with Crippen molar-refractivity contribution < 1.29 is 4.74 Å². The lowest BCUT2D eigenvalue weighted by molar-refractivity contribution is 0.0911. The number of hydrogen-bond donors (Lipinski definition) is 1. The lowest BCUT2D eigenvalue weighted by Gasteiger charge is -2.16. The standard InChI is InChI=1S/C19H18N4OS/c1-24-15(16-8-5-11-25-16)12-23-13-22-17(14-6-3-2-4-7-14)18(23)19-20-9-10-21-19/h2-11,13,15H,12H2,1H3,(H,20,21)/t15-/m1/s1. The first kappa shape index (κ1) is 15.8. The van der Waals surface area contributed by atoms with E-state index >= 15 is 0 Å². The minimum atomic E-state index is -0.0217. The minimum absolute atomic E-state index is 0.0217. The van der Waals surface area contributed by atoms with E-state index < -0.39 is 0 Å². The monoisotopic (exact) mass is 350 g/mol. The topological polar surface area (TPSA) is 55.7 Å². The number of aromatic nitrogens is 4. The molecule has 3 heterocycles. The SMILES string of the molecule is CO[C@H](Cn1cnc(-c2ccccc2)c1-c1ncc[nH]1)c1cccs1. The Labute approximate surface area is 150 Å². The Morgan fingerprint density at radius 1 is 1.16 bits per heavy atom. The second-order valence-corrected chi connectivity index (χ2v) is 6.62. The first-order valence-electron chi connectivity index (χ1n) is 8.03. The fourth-order valence-electron chi connectivity index (χ4n) is 2.90. The van der Waals surface area contributed by atoms with Crippen molar-refractivity contribution in [2.45, 2.75) is 12.6 Å². The molecule has 1 atom stereocenters. The molecule has 0 aliphatic rings. The van der Waals surface area contributed by atoms with Crippen LogP contribution in [0.25, 0.3) is 22.8 Å². The van der Waals surface area contributed by atoms with Gasteiger partial charge in [-0.2, -0.15) is 0 Å². The van der Waals surface area contributed by atoms with Gasteiger partial charge in [-0.3, -0.25) is 0 Å². The summed E-state index contributed by atoms with van der Waals surface area (Å²) in [5, 5.41) is 2.07. The average Bonchev–Trinajstić information content (AvgIpc) is 3.41. The van der Waals surface area contributed by atoms with E-state index in [2.05, 4.69) is 43.1 Å². The molecule has 0 spiro atoms. The van der Waals surface area contributed by atoms with Crippen molar-refractivity contribution in [2.24, 2.45) is 0 Å². The lowest BCUT2D eigenvalue weighted by Crippen LogP contribution is -2.11. The summed E-state index contributed by atoms with van der Waals surface area (Å²) in [7, 11) is 1.74.